The lowest BCUT2D eigenvalue weighted by molar-refractivity contribution is 0.465. The molecule has 3 nitrogen and oxygen atoms in total. The minimum Gasteiger partial charge on any atom is -0.411 e. The standard InChI is InChI=1S/C12H9BrCl2N2OS/c13-9-3-1-7(2-4-9)10-16-17-11(18-10)19-6-8-5-12(8,14)15/h1-4,8H,5-6H2. The van der Waals surface area contributed by atoms with Crippen molar-refractivity contribution >= 4 is 50.9 Å². The van der Waals surface area contributed by atoms with E-state index in [-0.39, 0.29) is 0 Å². The van der Waals surface area contributed by atoms with Crippen molar-refractivity contribution in [2.24, 2.45) is 5.92 Å². The molecule has 7 heteroatoms. The second kappa shape index (κ2) is 5.28. The largest absolute Gasteiger partial charge is 0.411 e. The highest BCUT2D eigenvalue weighted by molar-refractivity contribution is 9.10. The summed E-state index contributed by atoms with van der Waals surface area (Å²) in [5.41, 5.74) is 0.901. The van der Waals surface area contributed by atoms with Gasteiger partial charge in [0, 0.05) is 21.7 Å². The quantitative estimate of drug-likeness (QED) is 0.565. The van der Waals surface area contributed by atoms with E-state index < -0.39 is 4.33 Å². The molecule has 1 heterocycles. The highest BCUT2D eigenvalue weighted by Crippen LogP contribution is 2.54. The van der Waals surface area contributed by atoms with Crippen molar-refractivity contribution in [3.8, 4) is 11.5 Å². The zero-order valence-electron chi connectivity index (χ0n) is 9.65. The number of rotatable bonds is 4. The molecule has 0 amide bonds. The lowest BCUT2D eigenvalue weighted by atomic mass is 10.2. The molecule has 1 atom stereocenters. The first-order chi connectivity index (χ1) is 9.04. The molecule has 1 aromatic carbocycles. The van der Waals surface area contributed by atoms with E-state index in [0.717, 1.165) is 22.2 Å². The molecule has 1 unspecified atom stereocenters. The lowest BCUT2D eigenvalue weighted by Crippen LogP contribution is -1.92. The van der Waals surface area contributed by atoms with Crippen LogP contribution < -0.4 is 0 Å². The minimum absolute atomic E-state index is 0.309. The SMILES string of the molecule is ClC1(Cl)CC1CSc1nnc(-c2ccc(Br)cc2)o1. The number of thioether (sulfide) groups is 1. The van der Waals surface area contributed by atoms with Crippen LogP contribution in [0.2, 0.25) is 0 Å². The molecule has 100 valence electrons. The summed E-state index contributed by atoms with van der Waals surface area (Å²) in [6.45, 7) is 0. The summed E-state index contributed by atoms with van der Waals surface area (Å²) >= 11 is 16.8. The summed E-state index contributed by atoms with van der Waals surface area (Å²) in [6.07, 6.45) is 0.830. The summed E-state index contributed by atoms with van der Waals surface area (Å²) in [4.78, 5) is 0. The maximum Gasteiger partial charge on any atom is 0.276 e. The van der Waals surface area contributed by atoms with Crippen molar-refractivity contribution in [2.75, 3.05) is 5.75 Å². The molecule has 1 fully saturated rings. The zero-order valence-corrected chi connectivity index (χ0v) is 13.6. The number of halogens is 3. The molecule has 2 aromatic rings. The Kier molecular flexibility index (Phi) is 3.82. The Hall–Kier alpha value is -0.230. The molecule has 3 rings (SSSR count). The molecule has 1 aliphatic rings. The van der Waals surface area contributed by atoms with Gasteiger partial charge in [0.25, 0.3) is 5.22 Å². The third-order valence-corrected chi connectivity index (χ3v) is 5.30. The molecule has 0 aliphatic heterocycles. The second-order valence-electron chi connectivity index (χ2n) is 4.35. The molecule has 0 saturated heterocycles. The first-order valence-electron chi connectivity index (χ1n) is 5.65. The van der Waals surface area contributed by atoms with Gasteiger partial charge >= 0.3 is 0 Å². The van der Waals surface area contributed by atoms with Crippen LogP contribution in [-0.2, 0) is 0 Å². The molecule has 0 spiro atoms. The van der Waals surface area contributed by atoms with Gasteiger partial charge in [-0.3, -0.25) is 0 Å². The van der Waals surface area contributed by atoms with Crippen molar-refractivity contribution < 1.29 is 4.42 Å². The Morgan fingerprint density at radius 2 is 2.00 bits per heavy atom. The fraction of sp³-hybridized carbons (Fsp3) is 0.333. The van der Waals surface area contributed by atoms with Crippen molar-refractivity contribution in [1.82, 2.24) is 10.2 Å². The highest BCUT2D eigenvalue weighted by atomic mass is 79.9. The van der Waals surface area contributed by atoms with Gasteiger partial charge in [-0.05, 0) is 30.7 Å². The molecule has 19 heavy (non-hydrogen) atoms. The third kappa shape index (κ3) is 3.27. The molecular weight excluding hydrogens is 371 g/mol. The maximum absolute atomic E-state index is 5.97. The van der Waals surface area contributed by atoms with E-state index in [4.69, 9.17) is 27.6 Å². The van der Waals surface area contributed by atoms with Crippen LogP contribution in [0.1, 0.15) is 6.42 Å². The Labute approximate surface area is 133 Å². The van der Waals surface area contributed by atoms with Gasteiger partial charge < -0.3 is 4.42 Å². The van der Waals surface area contributed by atoms with Crippen molar-refractivity contribution in [1.29, 1.82) is 0 Å². The first-order valence-corrected chi connectivity index (χ1v) is 8.18. The Morgan fingerprint density at radius 3 is 2.63 bits per heavy atom. The number of alkyl halides is 2. The Morgan fingerprint density at radius 1 is 1.32 bits per heavy atom. The van der Waals surface area contributed by atoms with Crippen molar-refractivity contribution in [2.45, 2.75) is 16.0 Å². The van der Waals surface area contributed by atoms with Crippen molar-refractivity contribution in [3.05, 3.63) is 28.7 Å². The van der Waals surface area contributed by atoms with Crippen LogP contribution in [0.3, 0.4) is 0 Å². The molecule has 1 aromatic heterocycles. The van der Waals surface area contributed by atoms with E-state index in [9.17, 15) is 0 Å². The fourth-order valence-electron chi connectivity index (χ4n) is 1.60. The molecule has 0 N–H and O–H groups in total. The van der Waals surface area contributed by atoms with Crippen molar-refractivity contribution in [3.63, 3.8) is 0 Å². The zero-order chi connectivity index (χ0) is 13.5. The van der Waals surface area contributed by atoms with Crippen LogP contribution in [0.4, 0.5) is 0 Å². The summed E-state index contributed by atoms with van der Waals surface area (Å²) in [5.74, 6) is 1.63. The lowest BCUT2D eigenvalue weighted by Gasteiger charge is -1.96. The van der Waals surface area contributed by atoms with Gasteiger partial charge in [0.15, 0.2) is 0 Å². The normalized spacial score (nSPS) is 20.5. The number of hydrogen-bond acceptors (Lipinski definition) is 4. The Balaban J connectivity index is 1.64. The average molecular weight is 380 g/mol. The van der Waals surface area contributed by atoms with Gasteiger partial charge in [0.1, 0.15) is 4.33 Å². The second-order valence-corrected chi connectivity index (χ2v) is 7.78. The van der Waals surface area contributed by atoms with Crippen LogP contribution in [0.15, 0.2) is 38.4 Å². The molecule has 0 radical (unpaired) electrons. The third-order valence-electron chi connectivity index (χ3n) is 2.86. The summed E-state index contributed by atoms with van der Waals surface area (Å²) in [6, 6.07) is 7.72. The number of aromatic nitrogens is 2. The summed E-state index contributed by atoms with van der Waals surface area (Å²) in [7, 11) is 0. The van der Waals surface area contributed by atoms with E-state index in [1.807, 2.05) is 24.3 Å². The minimum atomic E-state index is -0.554. The monoisotopic (exact) mass is 378 g/mol. The van der Waals surface area contributed by atoms with Crippen LogP contribution in [0, 0.1) is 5.92 Å². The first kappa shape index (κ1) is 13.7. The number of benzene rings is 1. The van der Waals surface area contributed by atoms with Gasteiger partial charge in [-0.2, -0.15) is 0 Å². The maximum atomic E-state index is 5.97. The predicted octanol–water partition coefficient (Wildman–Crippen LogP) is 4.79. The number of nitrogens with zero attached hydrogens (tertiary/aromatic N) is 2. The predicted molar refractivity (Wildman–Crippen MR) is 80.7 cm³/mol. The van der Waals surface area contributed by atoms with E-state index in [2.05, 4.69) is 26.1 Å². The van der Waals surface area contributed by atoms with E-state index >= 15 is 0 Å². The number of hydrogen-bond donors (Lipinski definition) is 0. The molecular formula is C12H9BrCl2N2OS. The topological polar surface area (TPSA) is 38.9 Å². The van der Waals surface area contributed by atoms with E-state index in [1.165, 1.54) is 11.8 Å². The average Bonchev–Trinajstić information content (AvgIpc) is 2.79. The molecule has 1 saturated carbocycles. The van der Waals surface area contributed by atoms with Crippen LogP contribution in [-0.4, -0.2) is 20.3 Å². The molecule has 0 bridgehead atoms. The van der Waals surface area contributed by atoms with Gasteiger partial charge in [-0.25, -0.2) is 0 Å². The fourth-order valence-corrected chi connectivity index (χ4v) is 3.56. The highest BCUT2D eigenvalue weighted by Gasteiger charge is 2.51. The molecule has 1 aliphatic carbocycles. The Bertz CT molecular complexity index is 588. The van der Waals surface area contributed by atoms with Gasteiger partial charge in [0.2, 0.25) is 5.89 Å². The van der Waals surface area contributed by atoms with E-state index in [1.54, 1.807) is 0 Å². The van der Waals surface area contributed by atoms with Gasteiger partial charge in [0.05, 0.1) is 0 Å². The van der Waals surface area contributed by atoms with Crippen LogP contribution in [0.5, 0.6) is 0 Å². The van der Waals surface area contributed by atoms with Gasteiger partial charge in [-0.15, -0.1) is 33.4 Å². The smallest absolute Gasteiger partial charge is 0.276 e. The van der Waals surface area contributed by atoms with Crippen LogP contribution >= 0.6 is 50.9 Å². The summed E-state index contributed by atoms with van der Waals surface area (Å²) in [5, 5.41) is 8.59. The van der Waals surface area contributed by atoms with Gasteiger partial charge in [-0.1, -0.05) is 27.7 Å². The van der Waals surface area contributed by atoms with E-state index in [0.29, 0.717) is 17.0 Å². The summed E-state index contributed by atoms with van der Waals surface area (Å²) < 4.78 is 6.05. The van der Waals surface area contributed by atoms with Crippen LogP contribution in [0.25, 0.3) is 11.5 Å².